The zero-order chi connectivity index (χ0) is 21.6. The number of carbonyl (C=O) groups is 1. The fraction of sp³-hybridized carbons (Fsp3) is 0.409. The van der Waals surface area contributed by atoms with Crippen molar-refractivity contribution in [1.82, 2.24) is 9.21 Å². The Balaban J connectivity index is 2.46. The predicted molar refractivity (Wildman–Crippen MR) is 118 cm³/mol. The summed E-state index contributed by atoms with van der Waals surface area (Å²) in [5.74, 6) is -0.273. The van der Waals surface area contributed by atoms with E-state index in [0.717, 1.165) is 12.0 Å². The maximum absolute atomic E-state index is 13.4. The molecule has 1 amide bonds. The van der Waals surface area contributed by atoms with Crippen molar-refractivity contribution < 1.29 is 13.2 Å². The van der Waals surface area contributed by atoms with Gasteiger partial charge in [-0.1, -0.05) is 62.7 Å². The second-order valence-electron chi connectivity index (χ2n) is 6.91. The van der Waals surface area contributed by atoms with Crippen LogP contribution in [0.25, 0.3) is 0 Å². The Bertz CT molecular complexity index is 928. The zero-order valence-corrected chi connectivity index (χ0v) is 19.0. The van der Waals surface area contributed by atoms with E-state index in [1.807, 2.05) is 44.2 Å². The molecule has 0 N–H and O–H groups in total. The fourth-order valence-electron chi connectivity index (χ4n) is 3.12. The van der Waals surface area contributed by atoms with Gasteiger partial charge in [0.25, 0.3) is 5.91 Å². The number of hydrogen-bond acceptors (Lipinski definition) is 3. The molecular formula is C22H29ClN2O3S. The Hall–Kier alpha value is -1.89. The maximum Gasteiger partial charge on any atom is 0.255 e. The van der Waals surface area contributed by atoms with Crippen LogP contribution in [-0.4, -0.2) is 42.7 Å². The molecule has 2 aromatic carbocycles. The molecule has 0 heterocycles. The van der Waals surface area contributed by atoms with Gasteiger partial charge in [-0.15, -0.1) is 0 Å². The molecule has 2 rings (SSSR count). The topological polar surface area (TPSA) is 57.7 Å². The quantitative estimate of drug-likeness (QED) is 0.566. The first-order chi connectivity index (χ1) is 13.8. The molecule has 0 aliphatic carbocycles. The number of halogens is 1. The lowest BCUT2D eigenvalue weighted by Crippen LogP contribution is -2.38. The lowest BCUT2D eigenvalue weighted by Gasteiger charge is -2.29. The maximum atomic E-state index is 13.4. The normalized spacial score (nSPS) is 12.8. The summed E-state index contributed by atoms with van der Waals surface area (Å²) in [5, 5.41) is 0.245. The minimum atomic E-state index is -3.68. The van der Waals surface area contributed by atoms with Crippen molar-refractivity contribution in [3.8, 4) is 0 Å². The summed E-state index contributed by atoms with van der Waals surface area (Å²) < 4.78 is 27.1. The standard InChI is InChI=1S/C22H29ClN2O3S/c1-5-17(4)25(16-18-11-9-8-10-12-18)22(26)20-15-19(13-14-21(20)23)29(27,28)24(6-2)7-3/h8-15,17H,5-7,16H2,1-4H3. The Labute approximate surface area is 179 Å². The van der Waals surface area contributed by atoms with Crippen molar-refractivity contribution in [2.75, 3.05) is 13.1 Å². The molecule has 2 aromatic rings. The smallest absolute Gasteiger partial charge is 0.255 e. The second-order valence-corrected chi connectivity index (χ2v) is 9.25. The highest BCUT2D eigenvalue weighted by molar-refractivity contribution is 7.89. The van der Waals surface area contributed by atoms with Crippen LogP contribution >= 0.6 is 11.6 Å². The van der Waals surface area contributed by atoms with Crippen molar-refractivity contribution in [2.24, 2.45) is 0 Å². The number of hydrogen-bond donors (Lipinski definition) is 0. The molecule has 7 heteroatoms. The van der Waals surface area contributed by atoms with Crippen molar-refractivity contribution in [1.29, 1.82) is 0 Å². The van der Waals surface area contributed by atoms with Gasteiger partial charge in [-0.2, -0.15) is 4.31 Å². The Morgan fingerprint density at radius 2 is 1.66 bits per heavy atom. The van der Waals surface area contributed by atoms with E-state index < -0.39 is 10.0 Å². The van der Waals surface area contributed by atoms with Crippen molar-refractivity contribution in [3.63, 3.8) is 0 Å². The van der Waals surface area contributed by atoms with E-state index in [9.17, 15) is 13.2 Å². The molecule has 158 valence electrons. The molecule has 0 bridgehead atoms. The van der Waals surface area contributed by atoms with Crippen LogP contribution < -0.4 is 0 Å². The van der Waals surface area contributed by atoms with E-state index in [2.05, 4.69) is 0 Å². The van der Waals surface area contributed by atoms with Crippen molar-refractivity contribution in [3.05, 3.63) is 64.7 Å². The molecule has 1 unspecified atom stereocenters. The Morgan fingerprint density at radius 3 is 2.21 bits per heavy atom. The van der Waals surface area contributed by atoms with Gasteiger partial charge in [-0.3, -0.25) is 4.79 Å². The summed E-state index contributed by atoms with van der Waals surface area (Å²) in [6.45, 7) is 8.71. The van der Waals surface area contributed by atoms with Crippen LogP contribution in [-0.2, 0) is 16.6 Å². The van der Waals surface area contributed by atoms with Gasteiger partial charge in [0.2, 0.25) is 10.0 Å². The van der Waals surface area contributed by atoms with Crippen molar-refractivity contribution >= 4 is 27.5 Å². The van der Waals surface area contributed by atoms with Crippen molar-refractivity contribution in [2.45, 2.75) is 51.6 Å². The highest BCUT2D eigenvalue weighted by Crippen LogP contribution is 2.26. The predicted octanol–water partition coefficient (Wildman–Crippen LogP) is 4.81. The highest BCUT2D eigenvalue weighted by Gasteiger charge is 2.27. The molecule has 0 saturated heterocycles. The molecule has 0 aliphatic rings. The minimum absolute atomic E-state index is 0.0261. The molecule has 0 aliphatic heterocycles. The number of benzene rings is 2. The molecular weight excluding hydrogens is 408 g/mol. The summed E-state index contributed by atoms with van der Waals surface area (Å²) in [4.78, 5) is 15.2. The Kier molecular flexibility index (Phi) is 8.25. The van der Waals surface area contributed by atoms with Gasteiger partial charge in [0, 0.05) is 25.7 Å². The van der Waals surface area contributed by atoms with E-state index in [-0.39, 0.29) is 27.4 Å². The third-order valence-electron chi connectivity index (χ3n) is 5.09. The lowest BCUT2D eigenvalue weighted by atomic mass is 10.1. The number of sulfonamides is 1. The van der Waals surface area contributed by atoms with Crippen LogP contribution in [0.4, 0.5) is 0 Å². The average Bonchev–Trinajstić information content (AvgIpc) is 2.72. The summed E-state index contributed by atoms with van der Waals surface area (Å²) in [7, 11) is -3.68. The third kappa shape index (κ3) is 5.38. The summed E-state index contributed by atoms with van der Waals surface area (Å²) in [5.41, 5.74) is 1.21. The number of nitrogens with zero attached hydrogens (tertiary/aromatic N) is 2. The first-order valence-electron chi connectivity index (χ1n) is 9.90. The average molecular weight is 437 g/mol. The highest BCUT2D eigenvalue weighted by atomic mass is 35.5. The SMILES string of the molecule is CCC(C)N(Cc1ccccc1)C(=O)c1cc(S(=O)(=O)N(CC)CC)ccc1Cl. The van der Waals surface area contributed by atoms with E-state index >= 15 is 0 Å². The fourth-order valence-corrected chi connectivity index (χ4v) is 4.81. The van der Waals surface area contributed by atoms with E-state index in [4.69, 9.17) is 11.6 Å². The molecule has 0 saturated carbocycles. The van der Waals surface area contributed by atoms with Crippen LogP contribution in [0.15, 0.2) is 53.4 Å². The number of rotatable bonds is 9. The number of amides is 1. The molecule has 0 fully saturated rings. The van der Waals surface area contributed by atoms with Crippen LogP contribution in [0.5, 0.6) is 0 Å². The summed E-state index contributed by atoms with van der Waals surface area (Å²) >= 11 is 6.33. The van der Waals surface area contributed by atoms with Gasteiger partial charge < -0.3 is 4.90 Å². The van der Waals surface area contributed by atoms with E-state index in [1.165, 1.54) is 22.5 Å². The van der Waals surface area contributed by atoms with Crippen LogP contribution in [0.1, 0.15) is 50.0 Å². The largest absolute Gasteiger partial charge is 0.332 e. The Morgan fingerprint density at radius 1 is 1.03 bits per heavy atom. The van der Waals surface area contributed by atoms with Crippen LogP contribution in [0.2, 0.25) is 5.02 Å². The zero-order valence-electron chi connectivity index (χ0n) is 17.4. The molecule has 0 spiro atoms. The molecule has 0 radical (unpaired) electrons. The molecule has 1 atom stereocenters. The first kappa shape index (κ1) is 23.4. The van der Waals surface area contributed by atoms with Gasteiger partial charge in [0.1, 0.15) is 0 Å². The minimum Gasteiger partial charge on any atom is -0.332 e. The lowest BCUT2D eigenvalue weighted by molar-refractivity contribution is 0.0671. The van der Waals surface area contributed by atoms with Gasteiger partial charge in [0.05, 0.1) is 15.5 Å². The van der Waals surface area contributed by atoms with Gasteiger partial charge in [0.15, 0.2) is 0 Å². The molecule has 5 nitrogen and oxygen atoms in total. The van der Waals surface area contributed by atoms with E-state index in [0.29, 0.717) is 19.6 Å². The van der Waals surface area contributed by atoms with Crippen LogP contribution in [0.3, 0.4) is 0 Å². The monoisotopic (exact) mass is 436 g/mol. The summed E-state index contributed by atoms with van der Waals surface area (Å²) in [6.07, 6.45) is 0.771. The first-order valence-corrected chi connectivity index (χ1v) is 11.7. The van der Waals surface area contributed by atoms with Gasteiger partial charge in [-0.25, -0.2) is 8.42 Å². The van der Waals surface area contributed by atoms with Gasteiger partial charge >= 0.3 is 0 Å². The number of carbonyl (C=O) groups excluding carboxylic acids is 1. The molecule has 29 heavy (non-hydrogen) atoms. The molecule has 0 aromatic heterocycles. The van der Waals surface area contributed by atoms with E-state index in [1.54, 1.807) is 18.7 Å². The van der Waals surface area contributed by atoms with Gasteiger partial charge in [-0.05, 0) is 37.1 Å². The van der Waals surface area contributed by atoms with Crippen LogP contribution in [0, 0.1) is 0 Å². The third-order valence-corrected chi connectivity index (χ3v) is 7.47. The second kappa shape index (κ2) is 10.2. The summed E-state index contributed by atoms with van der Waals surface area (Å²) in [6, 6.07) is 14.0.